The van der Waals surface area contributed by atoms with Crippen molar-refractivity contribution >= 4 is 0 Å². The lowest BCUT2D eigenvalue weighted by Gasteiger charge is -2.26. The van der Waals surface area contributed by atoms with Gasteiger partial charge in [-0.25, -0.2) is 0 Å². The van der Waals surface area contributed by atoms with E-state index in [1.165, 1.54) is 51.5 Å². The van der Waals surface area contributed by atoms with E-state index >= 15 is 0 Å². The zero-order valence-corrected chi connectivity index (χ0v) is 7.89. The summed E-state index contributed by atoms with van der Waals surface area (Å²) in [6, 6.07) is 0.770. The van der Waals surface area contributed by atoms with Gasteiger partial charge in [0.1, 0.15) is 0 Å². The fourth-order valence-corrected chi connectivity index (χ4v) is 2.29. The molecule has 0 bridgehead atoms. The number of hydrogen-bond acceptors (Lipinski definition) is 1. The van der Waals surface area contributed by atoms with E-state index in [1.54, 1.807) is 0 Å². The summed E-state index contributed by atoms with van der Waals surface area (Å²) in [4.78, 5) is 0. The highest BCUT2D eigenvalue weighted by atomic mass is 14.9. The van der Waals surface area contributed by atoms with E-state index in [-0.39, 0.29) is 0 Å². The first kappa shape index (κ1) is 8.55. The zero-order valence-electron chi connectivity index (χ0n) is 7.89. The fraction of sp³-hybridized carbons (Fsp3) is 0.909. The van der Waals surface area contributed by atoms with Gasteiger partial charge in [0.25, 0.3) is 0 Å². The molecule has 0 aromatic heterocycles. The van der Waals surface area contributed by atoms with Crippen molar-refractivity contribution in [1.82, 2.24) is 5.32 Å². The van der Waals surface area contributed by atoms with Gasteiger partial charge in [-0.2, -0.15) is 0 Å². The van der Waals surface area contributed by atoms with E-state index in [4.69, 9.17) is 0 Å². The van der Waals surface area contributed by atoms with Crippen LogP contribution in [0.1, 0.15) is 44.9 Å². The second-order valence-electron chi connectivity index (χ2n) is 4.31. The van der Waals surface area contributed by atoms with Crippen molar-refractivity contribution in [2.75, 3.05) is 6.54 Å². The van der Waals surface area contributed by atoms with Crippen molar-refractivity contribution in [2.24, 2.45) is 5.92 Å². The van der Waals surface area contributed by atoms with Gasteiger partial charge < -0.3 is 5.32 Å². The van der Waals surface area contributed by atoms with Crippen LogP contribution in [0, 0.1) is 12.3 Å². The monoisotopic (exact) mass is 166 g/mol. The second kappa shape index (κ2) is 4.27. The van der Waals surface area contributed by atoms with Gasteiger partial charge in [0.15, 0.2) is 0 Å². The molecule has 2 fully saturated rings. The summed E-state index contributed by atoms with van der Waals surface area (Å²) >= 11 is 0. The van der Waals surface area contributed by atoms with Crippen LogP contribution in [0.25, 0.3) is 0 Å². The van der Waals surface area contributed by atoms with Crippen molar-refractivity contribution in [1.29, 1.82) is 0 Å². The number of nitrogens with one attached hydrogen (secondary N) is 1. The third-order valence-corrected chi connectivity index (χ3v) is 3.36. The summed E-state index contributed by atoms with van der Waals surface area (Å²) in [5, 5.41) is 3.59. The standard InChI is InChI=1S/C11H20N/c1-2-5-10(4-1)8-9-12-11-6-3-7-11/h6,10-12H,1-5,7-9H2. The molecule has 0 spiro atoms. The molecule has 1 heteroatoms. The molecule has 1 nitrogen and oxygen atoms in total. The number of hydrogen-bond donors (Lipinski definition) is 1. The first-order valence-corrected chi connectivity index (χ1v) is 5.52. The molecule has 1 N–H and O–H groups in total. The van der Waals surface area contributed by atoms with Crippen molar-refractivity contribution in [3.63, 3.8) is 0 Å². The maximum Gasteiger partial charge on any atom is 0.00986 e. The average molecular weight is 166 g/mol. The van der Waals surface area contributed by atoms with Crippen LogP contribution >= 0.6 is 0 Å². The van der Waals surface area contributed by atoms with E-state index < -0.39 is 0 Å². The van der Waals surface area contributed by atoms with E-state index in [9.17, 15) is 0 Å². The van der Waals surface area contributed by atoms with E-state index in [2.05, 4.69) is 11.7 Å². The van der Waals surface area contributed by atoms with Gasteiger partial charge in [-0.15, -0.1) is 0 Å². The number of rotatable bonds is 4. The van der Waals surface area contributed by atoms with Crippen LogP contribution in [0.3, 0.4) is 0 Å². The summed E-state index contributed by atoms with van der Waals surface area (Å²) in [7, 11) is 0. The molecule has 0 aromatic rings. The van der Waals surface area contributed by atoms with E-state index in [0.29, 0.717) is 0 Å². The summed E-state index contributed by atoms with van der Waals surface area (Å²) in [5.74, 6) is 1.05. The van der Waals surface area contributed by atoms with Crippen molar-refractivity contribution < 1.29 is 0 Å². The lowest BCUT2D eigenvalue weighted by Crippen LogP contribution is -2.36. The predicted octanol–water partition coefficient (Wildman–Crippen LogP) is 2.52. The van der Waals surface area contributed by atoms with Crippen LogP contribution < -0.4 is 5.32 Å². The molecule has 1 atom stereocenters. The van der Waals surface area contributed by atoms with Gasteiger partial charge in [-0.3, -0.25) is 0 Å². The lowest BCUT2D eigenvalue weighted by atomic mass is 9.93. The van der Waals surface area contributed by atoms with Gasteiger partial charge in [-0.1, -0.05) is 25.7 Å². The Morgan fingerprint density at radius 1 is 1.17 bits per heavy atom. The van der Waals surface area contributed by atoms with Gasteiger partial charge >= 0.3 is 0 Å². The maximum atomic E-state index is 3.59. The van der Waals surface area contributed by atoms with Crippen LogP contribution in [-0.4, -0.2) is 12.6 Å². The Labute approximate surface area is 75.9 Å². The summed E-state index contributed by atoms with van der Waals surface area (Å²) < 4.78 is 0. The Kier molecular flexibility index (Phi) is 3.04. The van der Waals surface area contributed by atoms with Crippen LogP contribution in [0.2, 0.25) is 0 Å². The topological polar surface area (TPSA) is 12.0 Å². The highest BCUT2D eigenvalue weighted by Gasteiger charge is 2.18. The molecule has 2 rings (SSSR count). The first-order chi connectivity index (χ1) is 5.95. The summed E-state index contributed by atoms with van der Waals surface area (Å²) in [6.45, 7) is 1.26. The molecule has 0 heterocycles. The van der Waals surface area contributed by atoms with Gasteiger partial charge in [0.2, 0.25) is 0 Å². The van der Waals surface area contributed by atoms with Crippen molar-refractivity contribution in [3.8, 4) is 0 Å². The van der Waals surface area contributed by atoms with Crippen LogP contribution in [0.4, 0.5) is 0 Å². The average Bonchev–Trinajstić information content (AvgIpc) is 2.46. The Morgan fingerprint density at radius 2 is 1.92 bits per heavy atom. The minimum atomic E-state index is 0.770. The minimum Gasteiger partial charge on any atom is -0.314 e. The molecule has 0 saturated heterocycles. The predicted molar refractivity (Wildman–Crippen MR) is 51.9 cm³/mol. The molecule has 69 valence electrons. The third-order valence-electron chi connectivity index (χ3n) is 3.36. The Hall–Kier alpha value is -0.0400. The molecule has 0 amide bonds. The Morgan fingerprint density at radius 3 is 2.50 bits per heavy atom. The zero-order chi connectivity index (χ0) is 8.23. The SMILES string of the molecule is [CH]1CCC1NCCC1CCCC1. The quantitative estimate of drug-likeness (QED) is 0.676. The molecule has 2 saturated carbocycles. The summed E-state index contributed by atoms with van der Waals surface area (Å²) in [6.07, 6.45) is 12.5. The fourth-order valence-electron chi connectivity index (χ4n) is 2.29. The Balaban J connectivity index is 1.49. The van der Waals surface area contributed by atoms with Crippen molar-refractivity contribution in [3.05, 3.63) is 6.42 Å². The molecule has 1 radical (unpaired) electrons. The second-order valence-corrected chi connectivity index (χ2v) is 4.31. The molecule has 12 heavy (non-hydrogen) atoms. The largest absolute Gasteiger partial charge is 0.314 e. The molecule has 0 aliphatic heterocycles. The summed E-state index contributed by atoms with van der Waals surface area (Å²) in [5.41, 5.74) is 0. The van der Waals surface area contributed by atoms with Gasteiger partial charge in [0.05, 0.1) is 0 Å². The molecular formula is C11H20N. The van der Waals surface area contributed by atoms with Crippen LogP contribution in [0.5, 0.6) is 0 Å². The molecule has 2 aliphatic rings. The van der Waals surface area contributed by atoms with Crippen LogP contribution in [-0.2, 0) is 0 Å². The molecule has 0 aromatic carbocycles. The van der Waals surface area contributed by atoms with Gasteiger partial charge in [-0.05, 0) is 38.1 Å². The molecular weight excluding hydrogens is 146 g/mol. The minimum absolute atomic E-state index is 0.770. The first-order valence-electron chi connectivity index (χ1n) is 5.52. The Bertz CT molecular complexity index is 123. The normalized spacial score (nSPS) is 26.0. The molecule has 2 aliphatic carbocycles. The molecule has 1 unspecified atom stereocenters. The maximum absolute atomic E-state index is 3.59. The smallest absolute Gasteiger partial charge is 0.00986 e. The highest BCUT2D eigenvalue weighted by Crippen LogP contribution is 2.27. The lowest BCUT2D eigenvalue weighted by molar-refractivity contribution is 0.402. The van der Waals surface area contributed by atoms with E-state index in [0.717, 1.165) is 12.0 Å². The van der Waals surface area contributed by atoms with Crippen molar-refractivity contribution in [2.45, 2.75) is 51.0 Å². The van der Waals surface area contributed by atoms with Gasteiger partial charge in [0, 0.05) is 6.04 Å². The third kappa shape index (κ3) is 2.22. The van der Waals surface area contributed by atoms with E-state index in [1.807, 2.05) is 0 Å². The van der Waals surface area contributed by atoms with Crippen LogP contribution in [0.15, 0.2) is 0 Å². The highest BCUT2D eigenvalue weighted by molar-refractivity contribution is 4.93.